The number of aromatic nitrogens is 1. The average Bonchev–Trinajstić information content (AvgIpc) is 2.52. The van der Waals surface area contributed by atoms with Crippen molar-refractivity contribution < 1.29 is 9.84 Å². The van der Waals surface area contributed by atoms with Gasteiger partial charge in [-0.1, -0.05) is 29.8 Å². The van der Waals surface area contributed by atoms with Gasteiger partial charge < -0.3 is 9.84 Å². The molecule has 1 aromatic carbocycles. The van der Waals surface area contributed by atoms with Gasteiger partial charge >= 0.3 is 0 Å². The first-order chi connectivity index (χ1) is 10.1. The van der Waals surface area contributed by atoms with Crippen LogP contribution in [0, 0.1) is 11.3 Å². The van der Waals surface area contributed by atoms with Crippen LogP contribution >= 0.6 is 11.6 Å². The van der Waals surface area contributed by atoms with Crippen molar-refractivity contribution >= 4 is 11.6 Å². The summed E-state index contributed by atoms with van der Waals surface area (Å²) in [6, 6.07) is 12.2. The van der Waals surface area contributed by atoms with Gasteiger partial charge in [0.05, 0.1) is 17.7 Å². The van der Waals surface area contributed by atoms with E-state index in [-0.39, 0.29) is 6.61 Å². The van der Waals surface area contributed by atoms with Crippen LogP contribution in [0.3, 0.4) is 0 Å². The number of aliphatic hydroxyl groups is 1. The van der Waals surface area contributed by atoms with Crippen molar-refractivity contribution in [3.05, 3.63) is 70.9 Å². The zero-order valence-electron chi connectivity index (χ0n) is 11.2. The van der Waals surface area contributed by atoms with E-state index in [1.54, 1.807) is 36.4 Å². The van der Waals surface area contributed by atoms with Crippen molar-refractivity contribution in [2.75, 3.05) is 0 Å². The second-order valence-electron chi connectivity index (χ2n) is 4.29. The summed E-state index contributed by atoms with van der Waals surface area (Å²) >= 11 is 5.79. The summed E-state index contributed by atoms with van der Waals surface area (Å²) in [6.07, 6.45) is 0.543. The van der Waals surface area contributed by atoms with E-state index in [2.05, 4.69) is 11.6 Å². The Labute approximate surface area is 127 Å². The zero-order chi connectivity index (χ0) is 15.2. The number of rotatable bonds is 5. The van der Waals surface area contributed by atoms with Crippen LogP contribution in [-0.4, -0.2) is 10.1 Å². The Morgan fingerprint density at radius 3 is 2.90 bits per heavy atom. The molecule has 1 atom stereocenters. The molecule has 0 saturated carbocycles. The Hall–Kier alpha value is -2.35. The number of ether oxygens (including phenoxy) is 1. The topological polar surface area (TPSA) is 66.1 Å². The Bertz CT molecular complexity index is 695. The molecule has 2 aromatic rings. The van der Waals surface area contributed by atoms with Crippen LogP contribution < -0.4 is 4.74 Å². The third kappa shape index (κ3) is 3.82. The minimum Gasteiger partial charge on any atom is -0.473 e. The highest BCUT2D eigenvalue weighted by Crippen LogP contribution is 2.22. The number of halogens is 1. The van der Waals surface area contributed by atoms with E-state index >= 15 is 0 Å². The van der Waals surface area contributed by atoms with E-state index in [0.717, 1.165) is 5.56 Å². The second-order valence-corrected chi connectivity index (χ2v) is 4.68. The largest absolute Gasteiger partial charge is 0.473 e. The molecule has 0 aliphatic carbocycles. The molecular weight excluding hydrogens is 288 g/mol. The van der Waals surface area contributed by atoms with E-state index in [1.165, 1.54) is 6.08 Å². The highest BCUT2D eigenvalue weighted by atomic mass is 35.5. The van der Waals surface area contributed by atoms with Gasteiger partial charge in [0.25, 0.3) is 0 Å². The molecule has 106 valence electrons. The minimum atomic E-state index is -0.857. The van der Waals surface area contributed by atoms with Crippen LogP contribution in [0.5, 0.6) is 5.88 Å². The fraction of sp³-hybridized carbons (Fsp3) is 0.125. The number of hydrogen-bond acceptors (Lipinski definition) is 4. The molecular formula is C16H13ClN2O2. The Morgan fingerprint density at radius 2 is 2.24 bits per heavy atom. The number of nitrogens with zero attached hydrogens (tertiary/aromatic N) is 2. The van der Waals surface area contributed by atoms with Crippen molar-refractivity contribution in [3.8, 4) is 11.9 Å². The van der Waals surface area contributed by atoms with E-state index < -0.39 is 6.10 Å². The Kier molecular flexibility index (Phi) is 4.94. The highest BCUT2D eigenvalue weighted by molar-refractivity contribution is 6.29. The molecule has 1 heterocycles. The molecule has 4 nitrogen and oxygen atoms in total. The van der Waals surface area contributed by atoms with E-state index in [0.29, 0.717) is 22.2 Å². The molecule has 0 aliphatic rings. The maximum atomic E-state index is 9.95. The molecule has 5 heteroatoms. The molecule has 0 saturated heterocycles. The smallest absolute Gasteiger partial charge is 0.214 e. The number of hydrogen-bond donors (Lipinski definition) is 1. The summed E-state index contributed by atoms with van der Waals surface area (Å²) in [5.74, 6) is 0.394. The normalized spacial score (nSPS) is 11.5. The average molecular weight is 301 g/mol. The summed E-state index contributed by atoms with van der Waals surface area (Å²) in [7, 11) is 0. The van der Waals surface area contributed by atoms with Gasteiger partial charge in [-0.2, -0.15) is 5.26 Å². The lowest BCUT2D eigenvalue weighted by Crippen LogP contribution is -2.05. The molecule has 21 heavy (non-hydrogen) atoms. The van der Waals surface area contributed by atoms with Crippen LogP contribution in [0.25, 0.3) is 0 Å². The fourth-order valence-electron chi connectivity index (χ4n) is 1.82. The summed E-state index contributed by atoms with van der Waals surface area (Å²) < 4.78 is 5.56. The standard InChI is InChI=1S/C16H13ClN2O2/c1-2-14(20)13-8-11(9-18)6-7-12(13)10-21-16-5-3-4-15(17)19-16/h2-8,14,20H,1,10H2. The third-order valence-corrected chi connectivity index (χ3v) is 3.09. The quantitative estimate of drug-likeness (QED) is 0.679. The molecule has 0 radical (unpaired) electrons. The summed E-state index contributed by atoms with van der Waals surface area (Å²) in [5.41, 5.74) is 1.81. The molecule has 0 aliphatic heterocycles. The molecule has 0 amide bonds. The first-order valence-corrected chi connectivity index (χ1v) is 6.60. The van der Waals surface area contributed by atoms with Gasteiger partial charge in [0.2, 0.25) is 5.88 Å². The molecule has 2 rings (SSSR count). The molecule has 1 N–H and O–H groups in total. The lowest BCUT2D eigenvalue weighted by atomic mass is 10.00. The van der Waals surface area contributed by atoms with Crippen molar-refractivity contribution in [2.45, 2.75) is 12.7 Å². The number of aliphatic hydroxyl groups excluding tert-OH is 1. The number of pyridine rings is 1. The van der Waals surface area contributed by atoms with Crippen LogP contribution in [0.4, 0.5) is 0 Å². The van der Waals surface area contributed by atoms with Crippen molar-refractivity contribution in [2.24, 2.45) is 0 Å². The van der Waals surface area contributed by atoms with E-state index in [1.807, 2.05) is 6.07 Å². The van der Waals surface area contributed by atoms with Crippen LogP contribution in [0.1, 0.15) is 22.8 Å². The van der Waals surface area contributed by atoms with Gasteiger partial charge in [-0.05, 0) is 29.3 Å². The monoisotopic (exact) mass is 300 g/mol. The number of nitriles is 1. The summed E-state index contributed by atoms with van der Waals surface area (Å²) in [4.78, 5) is 4.02. The molecule has 0 fully saturated rings. The van der Waals surface area contributed by atoms with Crippen molar-refractivity contribution in [1.82, 2.24) is 4.98 Å². The number of benzene rings is 1. The lowest BCUT2D eigenvalue weighted by molar-refractivity contribution is 0.222. The minimum absolute atomic E-state index is 0.208. The van der Waals surface area contributed by atoms with Gasteiger partial charge in [-0.25, -0.2) is 4.98 Å². The van der Waals surface area contributed by atoms with Crippen molar-refractivity contribution in [1.29, 1.82) is 5.26 Å². The molecule has 1 unspecified atom stereocenters. The van der Waals surface area contributed by atoms with Gasteiger partial charge in [0.15, 0.2) is 0 Å². The second kappa shape index (κ2) is 6.89. The highest BCUT2D eigenvalue weighted by Gasteiger charge is 2.11. The predicted molar refractivity (Wildman–Crippen MR) is 79.9 cm³/mol. The maximum absolute atomic E-state index is 9.95. The Morgan fingerprint density at radius 1 is 1.43 bits per heavy atom. The van der Waals surface area contributed by atoms with Gasteiger partial charge in [0, 0.05) is 6.07 Å². The zero-order valence-corrected chi connectivity index (χ0v) is 11.9. The van der Waals surface area contributed by atoms with E-state index in [4.69, 9.17) is 21.6 Å². The first kappa shape index (κ1) is 15.0. The van der Waals surface area contributed by atoms with Crippen LogP contribution in [-0.2, 0) is 6.61 Å². The Balaban J connectivity index is 2.23. The first-order valence-electron chi connectivity index (χ1n) is 6.23. The van der Waals surface area contributed by atoms with Gasteiger partial charge in [-0.15, -0.1) is 6.58 Å². The summed E-state index contributed by atoms with van der Waals surface area (Å²) in [5, 5.41) is 19.2. The third-order valence-electron chi connectivity index (χ3n) is 2.88. The van der Waals surface area contributed by atoms with Gasteiger partial charge in [0.1, 0.15) is 11.8 Å². The fourth-order valence-corrected chi connectivity index (χ4v) is 1.98. The van der Waals surface area contributed by atoms with Crippen LogP contribution in [0.15, 0.2) is 49.1 Å². The maximum Gasteiger partial charge on any atom is 0.214 e. The van der Waals surface area contributed by atoms with Gasteiger partial charge in [-0.3, -0.25) is 0 Å². The summed E-state index contributed by atoms with van der Waals surface area (Å²) in [6.45, 7) is 3.77. The van der Waals surface area contributed by atoms with Crippen LogP contribution in [0.2, 0.25) is 5.15 Å². The van der Waals surface area contributed by atoms with Crippen molar-refractivity contribution in [3.63, 3.8) is 0 Å². The molecule has 0 bridgehead atoms. The molecule has 0 spiro atoms. The van der Waals surface area contributed by atoms with E-state index in [9.17, 15) is 5.11 Å². The predicted octanol–water partition coefficient (Wildman–Crippen LogP) is 3.41. The lowest BCUT2D eigenvalue weighted by Gasteiger charge is -2.13. The SMILES string of the molecule is C=CC(O)c1cc(C#N)ccc1COc1cccc(Cl)n1. The molecule has 1 aromatic heterocycles.